The third-order valence-electron chi connectivity index (χ3n) is 3.48. The van der Waals surface area contributed by atoms with Crippen molar-refractivity contribution in [3.63, 3.8) is 0 Å². The first-order valence-corrected chi connectivity index (χ1v) is 6.69. The van der Waals surface area contributed by atoms with Crippen molar-refractivity contribution >= 4 is 6.08 Å². The molecule has 0 fully saturated rings. The average molecular weight is 251 g/mol. The zero-order valence-electron chi connectivity index (χ0n) is 11.8. The van der Waals surface area contributed by atoms with Gasteiger partial charge in [-0.2, -0.15) is 0 Å². The maximum atomic E-state index is 3.96. The lowest BCUT2D eigenvalue weighted by Gasteiger charge is -2.32. The number of rotatable bonds is 3. The standard InChI is InChI=1S/C18H21N/c1-5-15-11-12-16-9-7-8-10-17(16)13-19(14(3)4)18(15)6-2/h5-12,14H,1-2,13H2,3-4H3/b12-11-,18-15-. The highest BCUT2D eigenvalue weighted by molar-refractivity contribution is 5.60. The largest absolute Gasteiger partial charge is 0.364 e. The molecule has 0 radical (unpaired) electrons. The first kappa shape index (κ1) is 13.4. The fourth-order valence-corrected chi connectivity index (χ4v) is 2.41. The van der Waals surface area contributed by atoms with E-state index in [1.165, 1.54) is 11.1 Å². The zero-order valence-corrected chi connectivity index (χ0v) is 11.8. The van der Waals surface area contributed by atoms with Crippen molar-refractivity contribution in [1.82, 2.24) is 4.90 Å². The summed E-state index contributed by atoms with van der Waals surface area (Å²) in [6.07, 6.45) is 8.11. The van der Waals surface area contributed by atoms with Crippen molar-refractivity contribution in [1.29, 1.82) is 0 Å². The fourth-order valence-electron chi connectivity index (χ4n) is 2.41. The fraction of sp³-hybridized carbons (Fsp3) is 0.222. The molecule has 0 aromatic heterocycles. The van der Waals surface area contributed by atoms with Crippen LogP contribution in [0.5, 0.6) is 0 Å². The van der Waals surface area contributed by atoms with Gasteiger partial charge in [-0.3, -0.25) is 0 Å². The normalized spacial score (nSPS) is 20.5. The molecule has 0 saturated carbocycles. The Morgan fingerprint density at radius 2 is 1.84 bits per heavy atom. The molecule has 0 unspecified atom stereocenters. The second-order valence-electron chi connectivity index (χ2n) is 5.00. The topological polar surface area (TPSA) is 3.24 Å². The quantitative estimate of drug-likeness (QED) is 0.761. The monoisotopic (exact) mass is 251 g/mol. The third kappa shape index (κ3) is 2.70. The van der Waals surface area contributed by atoms with Crippen LogP contribution in [0.1, 0.15) is 25.0 Å². The average Bonchev–Trinajstić information content (AvgIpc) is 2.39. The van der Waals surface area contributed by atoms with Gasteiger partial charge in [-0.15, -0.1) is 0 Å². The first-order valence-electron chi connectivity index (χ1n) is 6.69. The minimum atomic E-state index is 0.419. The lowest BCUT2D eigenvalue weighted by Crippen LogP contribution is -2.30. The number of hydrogen-bond donors (Lipinski definition) is 0. The molecule has 0 aliphatic carbocycles. The highest BCUT2D eigenvalue weighted by Gasteiger charge is 2.16. The molecule has 1 aromatic rings. The Balaban J connectivity index is 2.59. The van der Waals surface area contributed by atoms with Gasteiger partial charge in [0.15, 0.2) is 0 Å². The highest BCUT2D eigenvalue weighted by atomic mass is 15.2. The summed E-state index contributed by atoms with van der Waals surface area (Å²) in [5.41, 5.74) is 4.89. The van der Waals surface area contributed by atoms with Crippen molar-refractivity contribution in [2.45, 2.75) is 26.4 Å². The van der Waals surface area contributed by atoms with Crippen LogP contribution in [0.3, 0.4) is 0 Å². The van der Waals surface area contributed by atoms with Crippen molar-refractivity contribution in [3.8, 4) is 0 Å². The minimum Gasteiger partial charge on any atom is -0.364 e. The molecule has 0 atom stereocenters. The summed E-state index contributed by atoms with van der Waals surface area (Å²) in [7, 11) is 0. The van der Waals surface area contributed by atoms with Gasteiger partial charge < -0.3 is 4.90 Å². The summed E-state index contributed by atoms with van der Waals surface area (Å²) in [6.45, 7) is 13.2. The van der Waals surface area contributed by atoms with E-state index in [0.717, 1.165) is 17.8 Å². The second kappa shape index (κ2) is 5.75. The van der Waals surface area contributed by atoms with Gasteiger partial charge in [0.1, 0.15) is 0 Å². The molecule has 98 valence electrons. The maximum absolute atomic E-state index is 3.96. The van der Waals surface area contributed by atoms with E-state index in [0.29, 0.717) is 6.04 Å². The summed E-state index contributed by atoms with van der Waals surface area (Å²) in [4.78, 5) is 2.37. The van der Waals surface area contributed by atoms with E-state index in [-0.39, 0.29) is 0 Å². The SMILES string of the molecule is C=CC1=C(\C=C)N(C(C)C)Cc2ccccc2/C=C\1. The number of fused-ring (bicyclic) bond motifs is 1. The molecular weight excluding hydrogens is 230 g/mol. The molecule has 1 heteroatoms. The van der Waals surface area contributed by atoms with Gasteiger partial charge in [-0.25, -0.2) is 0 Å². The molecule has 0 amide bonds. The van der Waals surface area contributed by atoms with Crippen LogP contribution in [-0.4, -0.2) is 10.9 Å². The molecule has 0 spiro atoms. The van der Waals surface area contributed by atoms with Crippen LogP contribution in [-0.2, 0) is 6.54 Å². The summed E-state index contributed by atoms with van der Waals surface area (Å²) in [6, 6.07) is 8.94. The third-order valence-corrected chi connectivity index (χ3v) is 3.48. The van der Waals surface area contributed by atoms with E-state index in [4.69, 9.17) is 0 Å². The van der Waals surface area contributed by atoms with Crippen LogP contribution < -0.4 is 0 Å². The van der Waals surface area contributed by atoms with Crippen LogP contribution >= 0.6 is 0 Å². The van der Waals surface area contributed by atoms with Gasteiger partial charge in [-0.05, 0) is 36.6 Å². The van der Waals surface area contributed by atoms with Gasteiger partial charge in [0.2, 0.25) is 0 Å². The summed E-state index contributed by atoms with van der Waals surface area (Å²) >= 11 is 0. The summed E-state index contributed by atoms with van der Waals surface area (Å²) < 4.78 is 0. The first-order chi connectivity index (χ1) is 9.17. The van der Waals surface area contributed by atoms with Crippen LogP contribution in [0, 0.1) is 0 Å². The van der Waals surface area contributed by atoms with Gasteiger partial charge in [0.05, 0.1) is 0 Å². The molecule has 19 heavy (non-hydrogen) atoms. The minimum absolute atomic E-state index is 0.419. The van der Waals surface area contributed by atoms with Gasteiger partial charge in [0.25, 0.3) is 0 Å². The van der Waals surface area contributed by atoms with Gasteiger partial charge >= 0.3 is 0 Å². The zero-order chi connectivity index (χ0) is 13.8. The number of hydrogen-bond acceptors (Lipinski definition) is 1. The van der Waals surface area contributed by atoms with Gasteiger partial charge in [0, 0.05) is 18.3 Å². The van der Waals surface area contributed by atoms with Crippen LogP contribution in [0.4, 0.5) is 0 Å². The molecule has 2 rings (SSSR count). The Bertz CT molecular complexity index is 547. The highest BCUT2D eigenvalue weighted by Crippen LogP contribution is 2.25. The summed E-state index contributed by atoms with van der Waals surface area (Å²) in [5, 5.41) is 0. The molecule has 0 saturated heterocycles. The lowest BCUT2D eigenvalue weighted by atomic mass is 10.0. The van der Waals surface area contributed by atoms with Crippen molar-refractivity contribution in [2.24, 2.45) is 0 Å². The van der Waals surface area contributed by atoms with Crippen molar-refractivity contribution in [3.05, 3.63) is 78.0 Å². The molecular formula is C18H21N. The number of nitrogens with zero attached hydrogens (tertiary/aromatic N) is 1. The Morgan fingerprint density at radius 1 is 1.11 bits per heavy atom. The van der Waals surface area contributed by atoms with E-state index in [1.54, 1.807) is 0 Å². The predicted octanol–water partition coefficient (Wildman–Crippen LogP) is 4.55. The van der Waals surface area contributed by atoms with Gasteiger partial charge in [-0.1, -0.05) is 55.7 Å². The molecule has 0 N–H and O–H groups in total. The maximum Gasteiger partial charge on any atom is 0.0439 e. The number of allylic oxidation sites excluding steroid dienone is 4. The van der Waals surface area contributed by atoms with E-state index in [1.807, 2.05) is 12.2 Å². The Labute approximate surface area is 116 Å². The van der Waals surface area contributed by atoms with Crippen LogP contribution in [0.25, 0.3) is 6.08 Å². The lowest BCUT2D eigenvalue weighted by molar-refractivity contribution is 0.283. The van der Waals surface area contributed by atoms with E-state index < -0.39 is 0 Å². The number of benzene rings is 1. The van der Waals surface area contributed by atoms with Crippen molar-refractivity contribution in [2.75, 3.05) is 0 Å². The molecule has 1 aliphatic heterocycles. The molecule has 0 bridgehead atoms. The van der Waals surface area contributed by atoms with E-state index in [2.05, 4.69) is 68.3 Å². The van der Waals surface area contributed by atoms with Crippen molar-refractivity contribution < 1.29 is 0 Å². The van der Waals surface area contributed by atoms with Crippen LogP contribution in [0.15, 0.2) is 66.9 Å². The smallest absolute Gasteiger partial charge is 0.0439 e. The van der Waals surface area contributed by atoms with E-state index >= 15 is 0 Å². The Kier molecular flexibility index (Phi) is 4.06. The summed E-state index contributed by atoms with van der Waals surface area (Å²) in [5.74, 6) is 0. The molecule has 1 heterocycles. The Hall–Kier alpha value is -2.02. The molecule has 1 aromatic carbocycles. The van der Waals surface area contributed by atoms with E-state index in [9.17, 15) is 0 Å². The molecule has 1 aliphatic rings. The Morgan fingerprint density at radius 3 is 2.47 bits per heavy atom. The predicted molar refractivity (Wildman–Crippen MR) is 83.6 cm³/mol. The second-order valence-corrected chi connectivity index (χ2v) is 5.00. The van der Waals surface area contributed by atoms with Crippen LogP contribution in [0.2, 0.25) is 0 Å². The molecule has 1 nitrogen and oxygen atoms in total.